The predicted octanol–water partition coefficient (Wildman–Crippen LogP) is 3.54. The lowest BCUT2D eigenvalue weighted by Gasteiger charge is -2.09. The summed E-state index contributed by atoms with van der Waals surface area (Å²) in [6, 6.07) is 11.5. The van der Waals surface area contributed by atoms with Gasteiger partial charge in [0.05, 0.1) is 0 Å². The number of rotatable bonds is 2. The van der Waals surface area contributed by atoms with Crippen LogP contribution in [0.4, 0.5) is 0 Å². The maximum Gasteiger partial charge on any atom is 0.191 e. The van der Waals surface area contributed by atoms with Gasteiger partial charge in [-0.2, -0.15) is 0 Å². The molecule has 2 N–H and O–H groups in total. The Hall–Kier alpha value is -1.87. The Morgan fingerprint density at radius 2 is 1.50 bits per heavy atom. The van der Waals surface area contributed by atoms with E-state index in [4.69, 9.17) is 16.3 Å². The number of hydrogen-bond donors (Lipinski definition) is 2. The third-order valence-electron chi connectivity index (χ3n) is 2.02. The third-order valence-corrected chi connectivity index (χ3v) is 2.38. The van der Waals surface area contributed by atoms with Crippen LogP contribution in [0.25, 0.3) is 0 Å². The number of para-hydroxylation sites is 1. The number of ether oxygens (including phenoxy) is 1. The fourth-order valence-corrected chi connectivity index (χ4v) is 1.44. The molecule has 0 aliphatic carbocycles. The molecule has 2 aromatic rings. The Morgan fingerprint density at radius 3 is 2.19 bits per heavy atom. The van der Waals surface area contributed by atoms with E-state index < -0.39 is 0 Å². The molecule has 0 saturated heterocycles. The van der Waals surface area contributed by atoms with E-state index in [1.54, 1.807) is 24.3 Å². The molecule has 0 aromatic heterocycles. The molecule has 0 radical (unpaired) electrons. The first-order valence-electron chi connectivity index (χ1n) is 4.62. The smallest absolute Gasteiger partial charge is 0.191 e. The molecule has 3 nitrogen and oxygen atoms in total. The lowest BCUT2D eigenvalue weighted by molar-refractivity contribution is 0.404. The zero-order valence-corrected chi connectivity index (χ0v) is 8.98. The number of phenolic OH excluding ortho intramolecular Hbond substituents is 2. The summed E-state index contributed by atoms with van der Waals surface area (Å²) >= 11 is 5.81. The molecule has 0 heterocycles. The van der Waals surface area contributed by atoms with Crippen LogP contribution in [0.15, 0.2) is 42.5 Å². The summed E-state index contributed by atoms with van der Waals surface area (Å²) in [5.41, 5.74) is 0. The highest BCUT2D eigenvalue weighted by Gasteiger charge is 2.12. The summed E-state index contributed by atoms with van der Waals surface area (Å²) in [5, 5.41) is 18.9. The van der Waals surface area contributed by atoms with E-state index in [2.05, 4.69) is 0 Å². The first kappa shape index (κ1) is 10.6. The number of aromatic hydroxyl groups is 2. The van der Waals surface area contributed by atoms with Gasteiger partial charge in [-0.1, -0.05) is 29.8 Å². The summed E-state index contributed by atoms with van der Waals surface area (Å²) in [6.45, 7) is 0. The zero-order valence-electron chi connectivity index (χ0n) is 8.22. The van der Waals surface area contributed by atoms with Gasteiger partial charge in [0.15, 0.2) is 11.5 Å². The van der Waals surface area contributed by atoms with Crippen molar-refractivity contribution in [3.63, 3.8) is 0 Å². The van der Waals surface area contributed by atoms with Crippen LogP contribution in [0.2, 0.25) is 5.02 Å². The molecule has 0 unspecified atom stereocenters. The molecule has 0 saturated carbocycles. The minimum Gasteiger partial charge on any atom is -0.506 e. The molecule has 0 amide bonds. The summed E-state index contributed by atoms with van der Waals surface area (Å²) in [6.07, 6.45) is 0. The van der Waals surface area contributed by atoms with Crippen molar-refractivity contribution in [2.45, 2.75) is 0 Å². The van der Waals surface area contributed by atoms with Crippen molar-refractivity contribution in [3.8, 4) is 23.0 Å². The van der Waals surface area contributed by atoms with E-state index in [0.29, 0.717) is 5.75 Å². The largest absolute Gasteiger partial charge is 0.506 e. The van der Waals surface area contributed by atoms with E-state index in [0.717, 1.165) is 0 Å². The summed E-state index contributed by atoms with van der Waals surface area (Å²) in [5.74, 6) is 0.329. The van der Waals surface area contributed by atoms with E-state index in [-0.39, 0.29) is 22.3 Å². The molecule has 0 aliphatic rings. The fourth-order valence-electron chi connectivity index (χ4n) is 1.24. The molecule has 82 valence electrons. The molecule has 0 fully saturated rings. The first-order chi connectivity index (χ1) is 7.68. The SMILES string of the molecule is Oc1ccc(O)c(Oc2ccccc2)c1Cl. The maximum absolute atomic E-state index is 9.56. The van der Waals surface area contributed by atoms with Crippen LogP contribution in [0.5, 0.6) is 23.0 Å². The molecular weight excluding hydrogens is 228 g/mol. The van der Waals surface area contributed by atoms with Crippen molar-refractivity contribution >= 4 is 11.6 Å². The molecule has 0 atom stereocenters. The summed E-state index contributed by atoms with van der Waals surface area (Å²) < 4.78 is 5.38. The van der Waals surface area contributed by atoms with Gasteiger partial charge in [-0.05, 0) is 24.3 Å². The van der Waals surface area contributed by atoms with Gasteiger partial charge in [0.25, 0.3) is 0 Å². The monoisotopic (exact) mass is 236 g/mol. The Morgan fingerprint density at radius 1 is 0.875 bits per heavy atom. The number of halogens is 1. The second-order valence-electron chi connectivity index (χ2n) is 3.16. The highest BCUT2D eigenvalue weighted by atomic mass is 35.5. The van der Waals surface area contributed by atoms with Crippen LogP contribution >= 0.6 is 11.6 Å². The normalized spacial score (nSPS) is 10.1. The van der Waals surface area contributed by atoms with Gasteiger partial charge in [0, 0.05) is 0 Å². The second-order valence-corrected chi connectivity index (χ2v) is 3.54. The molecule has 0 bridgehead atoms. The van der Waals surface area contributed by atoms with Crippen LogP contribution in [-0.4, -0.2) is 10.2 Å². The van der Waals surface area contributed by atoms with Crippen LogP contribution in [0, 0.1) is 0 Å². The average Bonchev–Trinajstić information content (AvgIpc) is 2.31. The lowest BCUT2D eigenvalue weighted by atomic mass is 10.3. The number of benzene rings is 2. The maximum atomic E-state index is 9.56. The van der Waals surface area contributed by atoms with E-state index in [9.17, 15) is 10.2 Å². The van der Waals surface area contributed by atoms with Gasteiger partial charge >= 0.3 is 0 Å². The van der Waals surface area contributed by atoms with Gasteiger partial charge < -0.3 is 14.9 Å². The minimum absolute atomic E-state index is 0.0103. The predicted molar refractivity (Wildman–Crippen MR) is 61.3 cm³/mol. The quantitative estimate of drug-likeness (QED) is 0.784. The van der Waals surface area contributed by atoms with Crippen LogP contribution in [0.1, 0.15) is 0 Å². The molecular formula is C12H9ClO3. The molecule has 0 spiro atoms. The van der Waals surface area contributed by atoms with Gasteiger partial charge in [0.2, 0.25) is 0 Å². The first-order valence-corrected chi connectivity index (χ1v) is 4.99. The van der Waals surface area contributed by atoms with E-state index in [1.807, 2.05) is 6.07 Å². The minimum atomic E-state index is -0.134. The number of phenols is 2. The van der Waals surface area contributed by atoms with Gasteiger partial charge in [-0.15, -0.1) is 0 Å². The van der Waals surface area contributed by atoms with Crippen molar-refractivity contribution in [1.29, 1.82) is 0 Å². The highest BCUT2D eigenvalue weighted by molar-refractivity contribution is 6.33. The van der Waals surface area contributed by atoms with Crippen molar-refractivity contribution < 1.29 is 14.9 Å². The number of hydrogen-bond acceptors (Lipinski definition) is 3. The standard InChI is InChI=1S/C12H9ClO3/c13-11-9(14)6-7-10(15)12(11)16-8-4-2-1-3-5-8/h1-7,14-15H. The molecule has 4 heteroatoms. The fraction of sp³-hybridized carbons (Fsp3) is 0. The third kappa shape index (κ3) is 2.04. The average molecular weight is 237 g/mol. The summed E-state index contributed by atoms with van der Waals surface area (Å²) in [7, 11) is 0. The van der Waals surface area contributed by atoms with Crippen LogP contribution < -0.4 is 4.74 Å². The Balaban J connectivity index is 2.38. The van der Waals surface area contributed by atoms with Gasteiger partial charge in [-0.3, -0.25) is 0 Å². The van der Waals surface area contributed by atoms with E-state index in [1.165, 1.54) is 12.1 Å². The highest BCUT2D eigenvalue weighted by Crippen LogP contribution is 2.42. The Bertz CT molecular complexity index is 497. The second kappa shape index (κ2) is 4.33. The lowest BCUT2D eigenvalue weighted by Crippen LogP contribution is -1.86. The zero-order chi connectivity index (χ0) is 11.5. The van der Waals surface area contributed by atoms with Crippen molar-refractivity contribution in [1.82, 2.24) is 0 Å². The molecule has 0 aliphatic heterocycles. The Labute approximate surface area is 97.5 Å². The van der Waals surface area contributed by atoms with Gasteiger partial charge in [-0.25, -0.2) is 0 Å². The Kier molecular flexibility index (Phi) is 2.88. The summed E-state index contributed by atoms with van der Waals surface area (Å²) in [4.78, 5) is 0. The van der Waals surface area contributed by atoms with Crippen molar-refractivity contribution in [2.75, 3.05) is 0 Å². The molecule has 16 heavy (non-hydrogen) atoms. The molecule has 2 aromatic carbocycles. The topological polar surface area (TPSA) is 49.7 Å². The van der Waals surface area contributed by atoms with Crippen LogP contribution in [-0.2, 0) is 0 Å². The van der Waals surface area contributed by atoms with Crippen molar-refractivity contribution in [3.05, 3.63) is 47.5 Å². The van der Waals surface area contributed by atoms with E-state index >= 15 is 0 Å². The van der Waals surface area contributed by atoms with Crippen LogP contribution in [0.3, 0.4) is 0 Å². The van der Waals surface area contributed by atoms with Crippen molar-refractivity contribution in [2.24, 2.45) is 0 Å². The van der Waals surface area contributed by atoms with Gasteiger partial charge in [0.1, 0.15) is 16.5 Å². The molecule has 2 rings (SSSR count).